The number of alkyl halides is 1. The molecule has 1 saturated heterocycles. The van der Waals surface area contributed by atoms with Crippen LogP contribution in [0.25, 0.3) is 22.2 Å². The SMILES string of the molecule is Cn1nc(-c2ccccc2)cc1C(=O)Nc1ccc2oc(C(=O)N3CC[C@H](F)C3)cc2c1. The average Bonchev–Trinajstić information content (AvgIpc) is 3.51. The maximum atomic E-state index is 13.4. The summed E-state index contributed by atoms with van der Waals surface area (Å²) in [6, 6.07) is 18.1. The minimum Gasteiger partial charge on any atom is -0.451 e. The summed E-state index contributed by atoms with van der Waals surface area (Å²) in [7, 11) is 1.72. The Morgan fingerprint density at radius 3 is 2.69 bits per heavy atom. The fourth-order valence-electron chi connectivity index (χ4n) is 3.91. The second-order valence-electron chi connectivity index (χ2n) is 7.86. The first-order valence-corrected chi connectivity index (χ1v) is 10.4. The molecule has 0 unspecified atom stereocenters. The number of carbonyl (C=O) groups excluding carboxylic acids is 2. The van der Waals surface area contributed by atoms with Crippen LogP contribution in [0.2, 0.25) is 0 Å². The van der Waals surface area contributed by atoms with Gasteiger partial charge in [-0.2, -0.15) is 5.10 Å². The van der Waals surface area contributed by atoms with Crippen molar-refractivity contribution < 1.29 is 18.4 Å². The van der Waals surface area contributed by atoms with Gasteiger partial charge < -0.3 is 14.6 Å². The molecule has 2 aromatic heterocycles. The van der Waals surface area contributed by atoms with E-state index in [0.717, 1.165) is 5.56 Å². The summed E-state index contributed by atoms with van der Waals surface area (Å²) in [6.45, 7) is 0.473. The number of furan rings is 1. The molecule has 162 valence electrons. The molecule has 1 N–H and O–H groups in total. The number of nitrogens with one attached hydrogen (secondary N) is 1. The normalized spacial score (nSPS) is 15.9. The number of halogens is 1. The van der Waals surface area contributed by atoms with Crippen LogP contribution in [0.1, 0.15) is 27.5 Å². The number of hydrogen-bond donors (Lipinski definition) is 1. The van der Waals surface area contributed by atoms with E-state index in [1.807, 2.05) is 30.3 Å². The number of nitrogens with zero attached hydrogens (tertiary/aromatic N) is 3. The zero-order chi connectivity index (χ0) is 22.2. The number of rotatable bonds is 4. The number of aryl methyl sites for hydroxylation is 1. The predicted octanol–water partition coefficient (Wildman–Crippen LogP) is 4.27. The largest absolute Gasteiger partial charge is 0.451 e. The molecule has 5 rings (SSSR count). The maximum absolute atomic E-state index is 13.4. The summed E-state index contributed by atoms with van der Waals surface area (Å²) in [6.07, 6.45) is -0.637. The third-order valence-corrected chi connectivity index (χ3v) is 5.58. The first kappa shape index (κ1) is 20.0. The number of hydrogen-bond acceptors (Lipinski definition) is 4. The lowest BCUT2D eigenvalue weighted by molar-refractivity contribution is 0.0753. The molecule has 4 aromatic rings. The lowest BCUT2D eigenvalue weighted by Gasteiger charge is -2.12. The van der Waals surface area contributed by atoms with Crippen molar-refractivity contribution >= 4 is 28.5 Å². The Morgan fingerprint density at radius 2 is 1.94 bits per heavy atom. The van der Waals surface area contributed by atoms with E-state index in [2.05, 4.69) is 10.4 Å². The van der Waals surface area contributed by atoms with Crippen molar-refractivity contribution in [3.8, 4) is 11.3 Å². The van der Waals surface area contributed by atoms with Crippen LogP contribution in [0, 0.1) is 0 Å². The van der Waals surface area contributed by atoms with Crippen LogP contribution >= 0.6 is 0 Å². The van der Waals surface area contributed by atoms with Gasteiger partial charge in [-0.1, -0.05) is 30.3 Å². The van der Waals surface area contributed by atoms with Crippen molar-refractivity contribution in [3.63, 3.8) is 0 Å². The van der Waals surface area contributed by atoms with Gasteiger partial charge in [0.05, 0.1) is 12.2 Å². The molecular formula is C24H21FN4O3. The molecular weight excluding hydrogens is 411 g/mol. The second kappa shape index (κ2) is 7.96. The van der Waals surface area contributed by atoms with Crippen LogP contribution in [0.4, 0.5) is 10.1 Å². The Bertz CT molecular complexity index is 1310. The molecule has 2 amide bonds. The highest BCUT2D eigenvalue weighted by atomic mass is 19.1. The van der Waals surface area contributed by atoms with Gasteiger partial charge in [-0.3, -0.25) is 14.3 Å². The average molecular weight is 432 g/mol. The van der Waals surface area contributed by atoms with Gasteiger partial charge in [-0.05, 0) is 36.8 Å². The van der Waals surface area contributed by atoms with Gasteiger partial charge >= 0.3 is 0 Å². The van der Waals surface area contributed by atoms with E-state index >= 15 is 0 Å². The molecule has 0 aliphatic carbocycles. The summed E-state index contributed by atoms with van der Waals surface area (Å²) in [4.78, 5) is 26.9. The Hall–Kier alpha value is -3.94. The van der Waals surface area contributed by atoms with Gasteiger partial charge in [0.25, 0.3) is 11.8 Å². The number of fused-ring (bicyclic) bond motifs is 1. The van der Waals surface area contributed by atoms with Crippen molar-refractivity contribution in [1.29, 1.82) is 0 Å². The van der Waals surface area contributed by atoms with E-state index in [1.54, 1.807) is 42.1 Å². The fraction of sp³-hybridized carbons (Fsp3) is 0.208. The highest BCUT2D eigenvalue weighted by molar-refractivity contribution is 6.05. The third kappa shape index (κ3) is 3.75. The van der Waals surface area contributed by atoms with E-state index < -0.39 is 6.17 Å². The number of benzene rings is 2. The van der Waals surface area contributed by atoms with Crippen molar-refractivity contribution in [2.45, 2.75) is 12.6 Å². The molecule has 1 fully saturated rings. The lowest BCUT2D eigenvalue weighted by Crippen LogP contribution is -2.28. The smallest absolute Gasteiger partial charge is 0.289 e. The zero-order valence-corrected chi connectivity index (χ0v) is 17.4. The molecule has 2 aromatic carbocycles. The Morgan fingerprint density at radius 1 is 1.12 bits per heavy atom. The molecule has 0 bridgehead atoms. The van der Waals surface area contributed by atoms with Gasteiger partial charge in [0.15, 0.2) is 5.76 Å². The van der Waals surface area contributed by atoms with Gasteiger partial charge in [0.1, 0.15) is 17.4 Å². The molecule has 1 aliphatic rings. The highest BCUT2D eigenvalue weighted by Crippen LogP contribution is 2.26. The van der Waals surface area contributed by atoms with Crippen LogP contribution < -0.4 is 5.32 Å². The topological polar surface area (TPSA) is 80.4 Å². The van der Waals surface area contributed by atoms with E-state index in [4.69, 9.17) is 4.42 Å². The maximum Gasteiger partial charge on any atom is 0.289 e. The Labute approximate surface area is 183 Å². The summed E-state index contributed by atoms with van der Waals surface area (Å²) >= 11 is 0. The van der Waals surface area contributed by atoms with E-state index in [1.165, 1.54) is 4.90 Å². The van der Waals surface area contributed by atoms with Gasteiger partial charge in [-0.25, -0.2) is 4.39 Å². The lowest BCUT2D eigenvalue weighted by atomic mass is 10.1. The first-order valence-electron chi connectivity index (χ1n) is 10.4. The Kier molecular flexibility index (Phi) is 4.97. The third-order valence-electron chi connectivity index (χ3n) is 5.58. The van der Waals surface area contributed by atoms with Gasteiger partial charge in [0, 0.05) is 30.2 Å². The number of anilines is 1. The minimum absolute atomic E-state index is 0.0901. The number of aromatic nitrogens is 2. The molecule has 32 heavy (non-hydrogen) atoms. The van der Waals surface area contributed by atoms with Crippen molar-refractivity contribution in [2.75, 3.05) is 18.4 Å². The summed E-state index contributed by atoms with van der Waals surface area (Å²) in [5, 5.41) is 7.98. The minimum atomic E-state index is -0.987. The monoisotopic (exact) mass is 432 g/mol. The zero-order valence-electron chi connectivity index (χ0n) is 17.4. The highest BCUT2D eigenvalue weighted by Gasteiger charge is 2.28. The molecule has 3 heterocycles. The van der Waals surface area contributed by atoms with Crippen LogP contribution in [0.15, 0.2) is 65.1 Å². The van der Waals surface area contributed by atoms with Crippen LogP contribution in [-0.4, -0.2) is 45.8 Å². The second-order valence-corrected chi connectivity index (χ2v) is 7.86. The van der Waals surface area contributed by atoms with E-state index in [0.29, 0.717) is 41.0 Å². The van der Waals surface area contributed by atoms with Gasteiger partial charge in [0.2, 0.25) is 0 Å². The van der Waals surface area contributed by atoms with Crippen LogP contribution in [0.5, 0.6) is 0 Å². The molecule has 8 heteroatoms. The Balaban J connectivity index is 1.35. The fourth-order valence-corrected chi connectivity index (χ4v) is 3.91. The van der Waals surface area contributed by atoms with E-state index in [9.17, 15) is 14.0 Å². The van der Waals surface area contributed by atoms with Crippen molar-refractivity contribution in [1.82, 2.24) is 14.7 Å². The van der Waals surface area contributed by atoms with Crippen LogP contribution in [-0.2, 0) is 7.05 Å². The molecule has 1 atom stereocenters. The number of carbonyl (C=O) groups is 2. The van der Waals surface area contributed by atoms with Crippen molar-refractivity contribution in [3.05, 3.63) is 72.1 Å². The van der Waals surface area contributed by atoms with E-state index in [-0.39, 0.29) is 24.1 Å². The standard InChI is InChI=1S/C24H21FN4O3/c1-28-20(13-19(27-28)15-5-3-2-4-6-15)23(30)26-18-7-8-21-16(11-18)12-22(32-21)24(31)29-10-9-17(25)14-29/h2-8,11-13,17H,9-10,14H2,1H3,(H,26,30)/t17-/m0/s1. The molecule has 1 aliphatic heterocycles. The molecule has 0 saturated carbocycles. The van der Waals surface area contributed by atoms with Gasteiger partial charge in [-0.15, -0.1) is 0 Å². The molecule has 7 nitrogen and oxygen atoms in total. The first-order chi connectivity index (χ1) is 15.5. The summed E-state index contributed by atoms with van der Waals surface area (Å²) < 4.78 is 20.6. The summed E-state index contributed by atoms with van der Waals surface area (Å²) in [5.41, 5.74) is 3.14. The quantitative estimate of drug-likeness (QED) is 0.522. The summed E-state index contributed by atoms with van der Waals surface area (Å²) in [5.74, 6) is -0.459. The molecule has 0 spiro atoms. The predicted molar refractivity (Wildman–Crippen MR) is 118 cm³/mol. The molecule has 0 radical (unpaired) electrons. The van der Waals surface area contributed by atoms with Crippen LogP contribution in [0.3, 0.4) is 0 Å². The van der Waals surface area contributed by atoms with Crippen molar-refractivity contribution in [2.24, 2.45) is 7.05 Å². The number of amides is 2. The number of likely N-dealkylation sites (tertiary alicyclic amines) is 1.